The maximum Gasteiger partial charge on any atom is 0.416 e. The van der Waals surface area contributed by atoms with Gasteiger partial charge in [-0.1, -0.05) is 11.6 Å². The molecule has 3 aromatic carbocycles. The van der Waals surface area contributed by atoms with Crippen LogP contribution in [0.4, 0.5) is 37.7 Å². The molecule has 2 fully saturated rings. The van der Waals surface area contributed by atoms with Crippen LogP contribution in [0.1, 0.15) is 45.8 Å². The summed E-state index contributed by atoms with van der Waals surface area (Å²) in [4.78, 5) is 38.5. The van der Waals surface area contributed by atoms with Crippen molar-refractivity contribution in [1.29, 1.82) is 0 Å². The lowest BCUT2D eigenvalue weighted by atomic mass is 10.0. The van der Waals surface area contributed by atoms with Gasteiger partial charge in [-0.05, 0) is 66.9 Å². The molecule has 0 bridgehead atoms. The number of ether oxygens (including phenoxy) is 1. The van der Waals surface area contributed by atoms with E-state index in [1.165, 1.54) is 12.1 Å². The SMILES string of the molecule is O=C(Nc1ccc(F)c(CC(=O)C2CCCO2)c1F)c1cc(NC(=O)[C@H]2[C@H](c3cc(F)cc(C(F)(F)F)c3)C2(Cl)Cl)ccc1Cl. The van der Waals surface area contributed by atoms with E-state index in [1.54, 1.807) is 0 Å². The second-order valence-corrected chi connectivity index (χ2v) is 12.4. The topological polar surface area (TPSA) is 84.5 Å². The molecule has 45 heavy (non-hydrogen) atoms. The van der Waals surface area contributed by atoms with Gasteiger partial charge in [-0.3, -0.25) is 14.4 Å². The molecule has 1 unspecified atom stereocenters. The lowest BCUT2D eigenvalue weighted by Gasteiger charge is -2.14. The summed E-state index contributed by atoms with van der Waals surface area (Å²) in [7, 11) is 0. The van der Waals surface area contributed by atoms with Gasteiger partial charge in [0.05, 0.1) is 27.8 Å². The van der Waals surface area contributed by atoms with Gasteiger partial charge >= 0.3 is 6.18 Å². The zero-order valence-corrected chi connectivity index (χ0v) is 25.0. The fourth-order valence-electron chi connectivity index (χ4n) is 5.19. The largest absolute Gasteiger partial charge is 0.416 e. The maximum absolute atomic E-state index is 15.2. The van der Waals surface area contributed by atoms with Crippen molar-refractivity contribution in [1.82, 2.24) is 0 Å². The van der Waals surface area contributed by atoms with Gasteiger partial charge in [-0.25, -0.2) is 13.2 Å². The summed E-state index contributed by atoms with van der Waals surface area (Å²) in [6.45, 7) is 0.368. The van der Waals surface area contributed by atoms with E-state index in [0.29, 0.717) is 31.6 Å². The number of anilines is 2. The Kier molecular flexibility index (Phi) is 9.16. The maximum atomic E-state index is 15.2. The minimum atomic E-state index is -4.86. The van der Waals surface area contributed by atoms with E-state index in [9.17, 15) is 36.3 Å². The van der Waals surface area contributed by atoms with E-state index in [4.69, 9.17) is 39.5 Å². The van der Waals surface area contributed by atoms with Crippen LogP contribution in [0.3, 0.4) is 0 Å². The molecule has 1 saturated heterocycles. The number of hydrogen-bond donors (Lipinski definition) is 2. The molecule has 1 saturated carbocycles. The number of rotatable bonds is 8. The van der Waals surface area contributed by atoms with Gasteiger partial charge in [0.1, 0.15) is 22.1 Å². The Balaban J connectivity index is 1.31. The standard InChI is InChI=1S/C30H21Cl3F6N2O4/c31-19-4-3-16(40-28(44)25-24(29(25,32)33)13-8-14(30(37,38)39)10-15(34)9-13)11-17(19)27(43)41-21-6-5-20(35)18(26(21)36)12-22(42)23-2-1-7-45-23/h3-6,8-11,23-25H,1-2,7,12H2,(H,40,44)(H,41,43)/t23?,24-,25+/m0/s1. The van der Waals surface area contributed by atoms with Crippen molar-refractivity contribution >= 4 is 63.8 Å². The third kappa shape index (κ3) is 6.94. The summed E-state index contributed by atoms with van der Waals surface area (Å²) in [5, 5.41) is 4.60. The third-order valence-electron chi connectivity index (χ3n) is 7.50. The number of alkyl halides is 5. The van der Waals surface area contributed by atoms with Gasteiger partial charge in [0.25, 0.3) is 5.91 Å². The van der Waals surface area contributed by atoms with E-state index < -0.39 is 86.7 Å². The molecule has 6 nitrogen and oxygen atoms in total. The molecule has 2 aliphatic rings. The number of hydrogen-bond acceptors (Lipinski definition) is 4. The lowest BCUT2D eigenvalue weighted by Crippen LogP contribution is -2.23. The molecule has 3 atom stereocenters. The highest BCUT2D eigenvalue weighted by atomic mass is 35.5. The zero-order valence-electron chi connectivity index (χ0n) is 22.7. The average molecular weight is 694 g/mol. The van der Waals surface area contributed by atoms with Crippen LogP contribution in [-0.4, -0.2) is 34.6 Å². The number of halogens is 9. The highest BCUT2D eigenvalue weighted by Gasteiger charge is 2.67. The fraction of sp³-hybridized carbons (Fsp3) is 0.300. The van der Waals surface area contributed by atoms with Gasteiger partial charge in [0.2, 0.25) is 5.91 Å². The summed E-state index contributed by atoms with van der Waals surface area (Å²) < 4.78 is 86.6. The first-order valence-electron chi connectivity index (χ1n) is 13.4. The van der Waals surface area contributed by atoms with E-state index in [0.717, 1.165) is 24.3 Å². The molecule has 5 rings (SSSR count). The minimum absolute atomic E-state index is 0.0121. The van der Waals surface area contributed by atoms with Gasteiger partial charge in [0, 0.05) is 30.2 Å². The number of carbonyl (C=O) groups excluding carboxylic acids is 3. The van der Waals surface area contributed by atoms with Gasteiger partial charge in [-0.15, -0.1) is 23.2 Å². The van der Waals surface area contributed by atoms with Crippen LogP contribution in [0.2, 0.25) is 5.02 Å². The normalized spacial score (nSPS) is 20.5. The van der Waals surface area contributed by atoms with Crippen molar-refractivity contribution < 1.29 is 45.5 Å². The molecule has 2 N–H and O–H groups in total. The Labute approximate surface area is 267 Å². The molecule has 238 valence electrons. The van der Waals surface area contributed by atoms with E-state index in [2.05, 4.69) is 10.6 Å². The van der Waals surface area contributed by atoms with Gasteiger partial charge in [-0.2, -0.15) is 13.2 Å². The van der Waals surface area contributed by atoms with E-state index >= 15 is 4.39 Å². The van der Waals surface area contributed by atoms with Crippen LogP contribution < -0.4 is 10.6 Å². The number of nitrogens with one attached hydrogen (secondary N) is 2. The van der Waals surface area contributed by atoms with Gasteiger partial charge < -0.3 is 15.4 Å². The van der Waals surface area contributed by atoms with Crippen molar-refractivity contribution in [2.45, 2.75) is 41.8 Å². The van der Waals surface area contributed by atoms with Crippen molar-refractivity contribution in [2.24, 2.45) is 5.92 Å². The monoisotopic (exact) mass is 692 g/mol. The van der Waals surface area contributed by atoms with Crippen molar-refractivity contribution in [3.8, 4) is 0 Å². The number of ketones is 1. The minimum Gasteiger partial charge on any atom is -0.370 e. The highest BCUT2D eigenvalue weighted by molar-refractivity contribution is 6.53. The Hall–Kier alpha value is -3.32. The van der Waals surface area contributed by atoms with Crippen LogP contribution in [0.25, 0.3) is 0 Å². The first-order chi connectivity index (χ1) is 21.1. The predicted octanol–water partition coefficient (Wildman–Crippen LogP) is 7.85. The molecule has 2 amide bonds. The first-order valence-corrected chi connectivity index (χ1v) is 14.5. The fourth-order valence-corrected chi connectivity index (χ4v) is 6.22. The Morgan fingerprint density at radius 3 is 2.38 bits per heavy atom. The Morgan fingerprint density at radius 2 is 1.71 bits per heavy atom. The Bertz CT molecular complexity index is 1690. The van der Waals surface area contributed by atoms with Gasteiger partial charge in [0.15, 0.2) is 11.6 Å². The molecular weight excluding hydrogens is 673 g/mol. The lowest BCUT2D eigenvalue weighted by molar-refractivity contribution is -0.137. The number of carbonyl (C=O) groups is 3. The summed E-state index contributed by atoms with van der Waals surface area (Å²) in [6, 6.07) is 7.28. The van der Waals surface area contributed by atoms with Crippen molar-refractivity contribution in [3.63, 3.8) is 0 Å². The quantitative estimate of drug-likeness (QED) is 0.186. The molecule has 1 aliphatic heterocycles. The molecule has 0 spiro atoms. The summed E-state index contributed by atoms with van der Waals surface area (Å²) >= 11 is 18.6. The molecule has 3 aromatic rings. The summed E-state index contributed by atoms with van der Waals surface area (Å²) in [5.41, 5.74) is -2.76. The molecular formula is C30H21Cl3F6N2O4. The summed E-state index contributed by atoms with van der Waals surface area (Å²) in [6.07, 6.45) is -5.13. The molecule has 0 radical (unpaired) electrons. The number of benzene rings is 3. The van der Waals surface area contributed by atoms with Crippen LogP contribution in [-0.2, 0) is 26.9 Å². The van der Waals surface area contributed by atoms with E-state index in [1.807, 2.05) is 0 Å². The van der Waals surface area contributed by atoms with Crippen LogP contribution in [0.15, 0.2) is 48.5 Å². The van der Waals surface area contributed by atoms with Crippen molar-refractivity contribution in [2.75, 3.05) is 17.2 Å². The molecule has 0 aromatic heterocycles. The Morgan fingerprint density at radius 1 is 0.978 bits per heavy atom. The number of amides is 2. The molecule has 1 aliphatic carbocycles. The van der Waals surface area contributed by atoms with Crippen LogP contribution in [0, 0.1) is 23.4 Å². The smallest absolute Gasteiger partial charge is 0.370 e. The third-order valence-corrected chi connectivity index (χ3v) is 8.77. The molecule has 15 heteroatoms. The zero-order chi connectivity index (χ0) is 32.8. The second kappa shape index (κ2) is 12.5. The number of Topliss-reactive ketones (excluding diaryl/α,β-unsaturated/α-hetero) is 1. The average Bonchev–Trinajstić information content (AvgIpc) is 3.26. The van der Waals surface area contributed by atoms with Crippen LogP contribution in [0.5, 0.6) is 0 Å². The van der Waals surface area contributed by atoms with Crippen LogP contribution >= 0.6 is 34.8 Å². The second-order valence-electron chi connectivity index (χ2n) is 10.6. The van der Waals surface area contributed by atoms with Crippen molar-refractivity contribution in [3.05, 3.63) is 93.3 Å². The van der Waals surface area contributed by atoms with E-state index in [-0.39, 0.29) is 21.8 Å². The predicted molar refractivity (Wildman–Crippen MR) is 154 cm³/mol. The first kappa shape index (κ1) is 33.1. The molecule has 1 heterocycles. The summed E-state index contributed by atoms with van der Waals surface area (Å²) in [5.74, 6) is -8.12. The highest BCUT2D eigenvalue weighted by Crippen LogP contribution is 2.65.